The molecule has 0 aliphatic rings. The Bertz CT molecular complexity index is 513. The number of para-hydroxylation sites is 1. The molecule has 1 aromatic carbocycles. The van der Waals surface area contributed by atoms with E-state index in [1.807, 2.05) is 24.3 Å². The number of rotatable bonds is 2. The summed E-state index contributed by atoms with van der Waals surface area (Å²) in [5.41, 5.74) is 12.9. The van der Waals surface area contributed by atoms with Gasteiger partial charge in [-0.2, -0.15) is 0 Å². The minimum Gasteiger partial charge on any atom is -0.496 e. The highest BCUT2D eigenvalue weighted by atomic mass is 16.5. The zero-order valence-electron chi connectivity index (χ0n) is 8.84. The average molecular weight is 216 g/mol. The summed E-state index contributed by atoms with van der Waals surface area (Å²) < 4.78 is 5.25. The Morgan fingerprint density at radius 2 is 1.81 bits per heavy atom. The van der Waals surface area contributed by atoms with Crippen molar-refractivity contribution in [3.05, 3.63) is 30.3 Å². The number of nitrogen functional groups attached to an aromatic ring is 2. The van der Waals surface area contributed by atoms with E-state index in [9.17, 15) is 0 Å². The fourth-order valence-electron chi connectivity index (χ4n) is 1.50. The Morgan fingerprint density at radius 3 is 2.56 bits per heavy atom. The molecular formula is C11H12N4O. The van der Waals surface area contributed by atoms with Crippen LogP contribution in [0.1, 0.15) is 0 Å². The maximum atomic E-state index is 5.76. The van der Waals surface area contributed by atoms with E-state index in [1.165, 1.54) is 0 Å². The quantitative estimate of drug-likeness (QED) is 0.790. The molecule has 5 heteroatoms. The number of anilines is 2. The molecule has 1 aromatic heterocycles. The molecule has 0 saturated carbocycles. The lowest BCUT2D eigenvalue weighted by molar-refractivity contribution is 0.416. The van der Waals surface area contributed by atoms with Gasteiger partial charge >= 0.3 is 0 Å². The number of nitrogens with two attached hydrogens (primary N) is 2. The van der Waals surface area contributed by atoms with E-state index in [0.29, 0.717) is 11.6 Å². The Labute approximate surface area is 93.1 Å². The lowest BCUT2D eigenvalue weighted by Gasteiger charge is -2.09. The molecule has 2 rings (SSSR count). The van der Waals surface area contributed by atoms with Gasteiger partial charge in [-0.05, 0) is 12.1 Å². The third-order valence-electron chi connectivity index (χ3n) is 2.24. The molecule has 0 aliphatic carbocycles. The SMILES string of the molecule is COc1ccccc1-c1cc(N)nnc1N. The van der Waals surface area contributed by atoms with E-state index in [0.717, 1.165) is 16.9 Å². The van der Waals surface area contributed by atoms with Gasteiger partial charge in [-0.1, -0.05) is 18.2 Å². The van der Waals surface area contributed by atoms with Crippen LogP contribution in [0.4, 0.5) is 11.6 Å². The van der Waals surface area contributed by atoms with Crippen molar-refractivity contribution in [2.75, 3.05) is 18.6 Å². The van der Waals surface area contributed by atoms with Crippen LogP contribution < -0.4 is 16.2 Å². The summed E-state index contributed by atoms with van der Waals surface area (Å²) in [4.78, 5) is 0. The summed E-state index contributed by atoms with van der Waals surface area (Å²) in [6, 6.07) is 9.21. The van der Waals surface area contributed by atoms with Crippen LogP contribution in [0, 0.1) is 0 Å². The third kappa shape index (κ3) is 1.75. The summed E-state index contributed by atoms with van der Waals surface area (Å²) in [5.74, 6) is 1.38. The Balaban J connectivity index is 2.62. The van der Waals surface area contributed by atoms with E-state index in [2.05, 4.69) is 10.2 Å². The molecule has 82 valence electrons. The summed E-state index contributed by atoms with van der Waals surface area (Å²) in [5, 5.41) is 7.46. The van der Waals surface area contributed by atoms with Gasteiger partial charge in [-0.15, -0.1) is 10.2 Å². The summed E-state index contributed by atoms with van der Waals surface area (Å²) >= 11 is 0. The Kier molecular flexibility index (Phi) is 2.59. The number of hydrogen-bond donors (Lipinski definition) is 2. The summed E-state index contributed by atoms with van der Waals surface area (Å²) in [7, 11) is 1.60. The number of methoxy groups -OCH3 is 1. The van der Waals surface area contributed by atoms with Crippen LogP contribution >= 0.6 is 0 Å². The minimum atomic E-state index is 0.329. The maximum Gasteiger partial charge on any atom is 0.154 e. The number of benzene rings is 1. The number of hydrogen-bond acceptors (Lipinski definition) is 5. The first-order chi connectivity index (χ1) is 7.72. The lowest BCUT2D eigenvalue weighted by Crippen LogP contribution is -2.01. The molecule has 2 aromatic rings. The molecule has 16 heavy (non-hydrogen) atoms. The molecular weight excluding hydrogens is 204 g/mol. The molecule has 0 bridgehead atoms. The van der Waals surface area contributed by atoms with Crippen LogP contribution in [0.2, 0.25) is 0 Å². The fourth-order valence-corrected chi connectivity index (χ4v) is 1.50. The van der Waals surface area contributed by atoms with Gasteiger partial charge in [0.25, 0.3) is 0 Å². The van der Waals surface area contributed by atoms with Gasteiger partial charge in [-0.3, -0.25) is 0 Å². The summed E-state index contributed by atoms with van der Waals surface area (Å²) in [6.45, 7) is 0. The van der Waals surface area contributed by atoms with E-state index < -0.39 is 0 Å². The van der Waals surface area contributed by atoms with Crippen LogP contribution in [-0.2, 0) is 0 Å². The van der Waals surface area contributed by atoms with Crippen molar-refractivity contribution in [1.82, 2.24) is 10.2 Å². The van der Waals surface area contributed by atoms with Crippen molar-refractivity contribution in [2.24, 2.45) is 0 Å². The average Bonchev–Trinajstić information content (AvgIpc) is 2.32. The van der Waals surface area contributed by atoms with Gasteiger partial charge in [0, 0.05) is 11.1 Å². The van der Waals surface area contributed by atoms with Crippen LogP contribution in [0.5, 0.6) is 5.75 Å². The number of ether oxygens (including phenoxy) is 1. The smallest absolute Gasteiger partial charge is 0.154 e. The minimum absolute atomic E-state index is 0.329. The van der Waals surface area contributed by atoms with E-state index in [1.54, 1.807) is 13.2 Å². The highest BCUT2D eigenvalue weighted by Crippen LogP contribution is 2.32. The van der Waals surface area contributed by atoms with Crippen molar-refractivity contribution in [3.63, 3.8) is 0 Å². The molecule has 0 saturated heterocycles. The second-order valence-corrected chi connectivity index (χ2v) is 3.27. The molecule has 0 aliphatic heterocycles. The van der Waals surface area contributed by atoms with Gasteiger partial charge in [-0.25, -0.2) is 0 Å². The maximum absolute atomic E-state index is 5.76. The first kappa shape index (κ1) is 10.2. The monoisotopic (exact) mass is 216 g/mol. The molecule has 1 heterocycles. The normalized spacial score (nSPS) is 10.1. The zero-order chi connectivity index (χ0) is 11.5. The largest absolute Gasteiger partial charge is 0.496 e. The van der Waals surface area contributed by atoms with Crippen LogP contribution in [0.15, 0.2) is 30.3 Å². The first-order valence-electron chi connectivity index (χ1n) is 4.74. The van der Waals surface area contributed by atoms with Crippen molar-refractivity contribution < 1.29 is 4.74 Å². The van der Waals surface area contributed by atoms with Gasteiger partial charge < -0.3 is 16.2 Å². The zero-order valence-corrected chi connectivity index (χ0v) is 8.84. The molecule has 0 radical (unpaired) electrons. The van der Waals surface area contributed by atoms with Gasteiger partial charge in [0.15, 0.2) is 5.82 Å². The number of aromatic nitrogens is 2. The van der Waals surface area contributed by atoms with Gasteiger partial charge in [0.1, 0.15) is 11.6 Å². The van der Waals surface area contributed by atoms with E-state index >= 15 is 0 Å². The standard InChI is InChI=1S/C11H12N4O/c1-16-9-5-3-2-4-7(9)8-6-10(12)14-15-11(8)13/h2-6H,1H3,(H2,12,14)(H2,13,15). The van der Waals surface area contributed by atoms with Gasteiger partial charge in [0.2, 0.25) is 0 Å². The van der Waals surface area contributed by atoms with Crippen LogP contribution in [0.3, 0.4) is 0 Å². The lowest BCUT2D eigenvalue weighted by atomic mass is 10.1. The van der Waals surface area contributed by atoms with E-state index in [-0.39, 0.29) is 0 Å². The van der Waals surface area contributed by atoms with Crippen LogP contribution in [-0.4, -0.2) is 17.3 Å². The first-order valence-corrected chi connectivity index (χ1v) is 4.74. The molecule has 0 amide bonds. The summed E-state index contributed by atoms with van der Waals surface area (Å²) in [6.07, 6.45) is 0. The molecule has 0 unspecified atom stereocenters. The second kappa shape index (κ2) is 4.06. The molecule has 0 fully saturated rings. The third-order valence-corrected chi connectivity index (χ3v) is 2.24. The van der Waals surface area contributed by atoms with Crippen molar-refractivity contribution in [2.45, 2.75) is 0 Å². The highest BCUT2D eigenvalue weighted by molar-refractivity contribution is 5.79. The molecule has 0 spiro atoms. The Morgan fingerprint density at radius 1 is 1.06 bits per heavy atom. The Hall–Kier alpha value is -2.30. The molecule has 5 nitrogen and oxygen atoms in total. The fraction of sp³-hybridized carbons (Fsp3) is 0.0909. The van der Waals surface area contributed by atoms with Crippen molar-refractivity contribution >= 4 is 11.6 Å². The highest BCUT2D eigenvalue weighted by Gasteiger charge is 2.10. The number of nitrogens with zero attached hydrogens (tertiary/aromatic N) is 2. The van der Waals surface area contributed by atoms with Crippen LogP contribution in [0.25, 0.3) is 11.1 Å². The topological polar surface area (TPSA) is 87.0 Å². The predicted molar refractivity (Wildman–Crippen MR) is 62.8 cm³/mol. The second-order valence-electron chi connectivity index (χ2n) is 3.27. The van der Waals surface area contributed by atoms with E-state index in [4.69, 9.17) is 16.2 Å². The van der Waals surface area contributed by atoms with Crippen molar-refractivity contribution in [3.8, 4) is 16.9 Å². The molecule has 0 atom stereocenters. The predicted octanol–water partition coefficient (Wildman–Crippen LogP) is 1.32. The van der Waals surface area contributed by atoms with Crippen molar-refractivity contribution in [1.29, 1.82) is 0 Å². The molecule has 4 N–H and O–H groups in total. The van der Waals surface area contributed by atoms with Gasteiger partial charge in [0.05, 0.1) is 7.11 Å².